The number of nitrogen functional groups attached to an aromatic ring is 1. The fourth-order valence-corrected chi connectivity index (χ4v) is 5.67. The molecule has 3 rings (SSSR count). The Balaban J connectivity index is 1.81. The lowest BCUT2D eigenvalue weighted by Crippen LogP contribution is -2.56. The lowest BCUT2D eigenvalue weighted by Gasteiger charge is -2.32. The summed E-state index contributed by atoms with van der Waals surface area (Å²) in [6, 6.07) is 4.86. The van der Waals surface area contributed by atoms with E-state index >= 15 is 0 Å². The van der Waals surface area contributed by atoms with Crippen molar-refractivity contribution in [3.8, 4) is 0 Å². The van der Waals surface area contributed by atoms with Crippen molar-refractivity contribution in [3.63, 3.8) is 0 Å². The average molecular weight is 614 g/mol. The van der Waals surface area contributed by atoms with E-state index in [1.54, 1.807) is 29.2 Å². The van der Waals surface area contributed by atoms with E-state index in [0.717, 1.165) is 32.1 Å². The van der Waals surface area contributed by atoms with E-state index in [1.807, 2.05) is 0 Å². The van der Waals surface area contributed by atoms with Crippen LogP contribution in [0.5, 0.6) is 0 Å². The smallest absolute Gasteiger partial charge is 0.243 e. The molecule has 1 aliphatic carbocycles. The first-order valence-electron chi connectivity index (χ1n) is 15.3. The maximum absolute atomic E-state index is 13.9. The number of rotatable bonds is 15. The van der Waals surface area contributed by atoms with Crippen LogP contribution >= 0.6 is 0 Å². The van der Waals surface area contributed by atoms with Gasteiger partial charge in [-0.1, -0.05) is 56.4 Å². The van der Waals surface area contributed by atoms with Crippen molar-refractivity contribution < 1.29 is 23.9 Å². The van der Waals surface area contributed by atoms with Gasteiger partial charge in [-0.25, -0.2) is 0 Å². The van der Waals surface area contributed by atoms with E-state index < -0.39 is 35.7 Å². The molecule has 1 aliphatic heterocycles. The summed E-state index contributed by atoms with van der Waals surface area (Å²) in [7, 11) is 0. The standard InChI is InChI=1S/C30H47N9O5/c31-25(32)21-10-8-20(9-11-21)17-22(29(43)39-13-15-44-16-14-39)27(41)38-24(18-19-5-2-1-3-6-19)28(42)37-23(26(33)40)7-4-12-36-30(34)35/h8-11,19,22-24H,1-7,12-18H2,(H3,31,32)(H2,33,40)(H,37,42)(H,38,41)(H4,34,35,36)/t22?,23-,24-/m0/s1. The van der Waals surface area contributed by atoms with Crippen molar-refractivity contribution in [1.82, 2.24) is 15.5 Å². The van der Waals surface area contributed by atoms with Gasteiger partial charge in [0.15, 0.2) is 5.96 Å². The van der Waals surface area contributed by atoms with Crippen LogP contribution in [0.4, 0.5) is 0 Å². The molecule has 14 nitrogen and oxygen atoms in total. The minimum atomic E-state index is -1.11. The topological polar surface area (TPSA) is 245 Å². The van der Waals surface area contributed by atoms with Crippen molar-refractivity contribution >= 4 is 35.4 Å². The number of ether oxygens (including phenoxy) is 1. The molecule has 242 valence electrons. The molecule has 14 heteroatoms. The lowest BCUT2D eigenvalue weighted by molar-refractivity contribution is -0.146. The minimum absolute atomic E-state index is 0.0732. The zero-order valence-corrected chi connectivity index (χ0v) is 25.3. The SMILES string of the molecule is N=C(N)c1ccc(CC(C(=O)N[C@@H](CC2CCCCC2)C(=O)N[C@@H](CCCN=C(N)N)C(N)=O)C(=O)N2CCOCC2)cc1. The third-order valence-corrected chi connectivity index (χ3v) is 8.17. The highest BCUT2D eigenvalue weighted by molar-refractivity contribution is 6.02. The van der Waals surface area contributed by atoms with Crippen molar-refractivity contribution in [3.05, 3.63) is 35.4 Å². The highest BCUT2D eigenvalue weighted by Crippen LogP contribution is 2.28. The lowest BCUT2D eigenvalue weighted by atomic mass is 9.84. The van der Waals surface area contributed by atoms with Crippen molar-refractivity contribution in [2.75, 3.05) is 32.8 Å². The number of primary amides is 1. The monoisotopic (exact) mass is 613 g/mol. The molecule has 4 amide bonds. The number of amides is 4. The quantitative estimate of drug-likeness (QED) is 0.0585. The van der Waals surface area contributed by atoms with E-state index in [-0.39, 0.29) is 43.0 Å². The molecule has 1 unspecified atom stereocenters. The molecule has 1 aromatic carbocycles. The van der Waals surface area contributed by atoms with Gasteiger partial charge >= 0.3 is 0 Å². The van der Waals surface area contributed by atoms with Gasteiger partial charge in [0.25, 0.3) is 0 Å². The summed E-state index contributed by atoms with van der Waals surface area (Å²) in [5, 5.41) is 13.2. The van der Waals surface area contributed by atoms with Crippen molar-refractivity contribution in [2.45, 2.75) is 69.9 Å². The van der Waals surface area contributed by atoms with Gasteiger partial charge in [0.1, 0.15) is 23.8 Å². The number of nitrogens with one attached hydrogen (secondary N) is 3. The van der Waals surface area contributed by atoms with Crippen LogP contribution in [0, 0.1) is 17.2 Å². The maximum atomic E-state index is 13.9. The second-order valence-corrected chi connectivity index (χ2v) is 11.5. The first-order chi connectivity index (χ1) is 21.0. The average Bonchev–Trinajstić information content (AvgIpc) is 3.01. The number of amidine groups is 1. The maximum Gasteiger partial charge on any atom is 0.243 e. The zero-order chi connectivity index (χ0) is 32.1. The highest BCUT2D eigenvalue weighted by Gasteiger charge is 2.35. The highest BCUT2D eigenvalue weighted by atomic mass is 16.5. The number of morpholine rings is 1. The molecular formula is C30H47N9O5. The Bertz CT molecular complexity index is 1170. The first kappa shape index (κ1) is 34.3. The molecule has 11 N–H and O–H groups in total. The molecule has 0 bridgehead atoms. The van der Waals surface area contributed by atoms with Crippen LogP contribution in [-0.4, -0.2) is 85.3 Å². The number of hydrogen-bond donors (Lipinski definition) is 7. The number of aliphatic imine (C=N–C) groups is 1. The summed E-state index contributed by atoms with van der Waals surface area (Å²) < 4.78 is 5.39. The predicted octanol–water partition coefficient (Wildman–Crippen LogP) is -0.533. The second kappa shape index (κ2) is 17.2. The molecule has 44 heavy (non-hydrogen) atoms. The Morgan fingerprint density at radius 3 is 2.16 bits per heavy atom. The second-order valence-electron chi connectivity index (χ2n) is 11.5. The summed E-state index contributed by atoms with van der Waals surface area (Å²) in [4.78, 5) is 58.9. The molecule has 3 atom stereocenters. The molecule has 1 saturated heterocycles. The van der Waals surface area contributed by atoms with E-state index in [2.05, 4.69) is 15.6 Å². The molecule has 0 spiro atoms. The first-order valence-corrected chi connectivity index (χ1v) is 15.3. The Hall–Kier alpha value is -4.20. The van der Waals surface area contributed by atoms with Crippen molar-refractivity contribution in [2.24, 2.45) is 39.8 Å². The van der Waals surface area contributed by atoms with E-state index in [0.29, 0.717) is 50.3 Å². The number of benzene rings is 1. The number of carbonyl (C=O) groups excluding carboxylic acids is 4. The van der Waals surface area contributed by atoms with Crippen LogP contribution in [0.3, 0.4) is 0 Å². The molecule has 1 saturated carbocycles. The fourth-order valence-electron chi connectivity index (χ4n) is 5.67. The number of nitrogens with zero attached hydrogens (tertiary/aromatic N) is 2. The summed E-state index contributed by atoms with van der Waals surface area (Å²) in [5.41, 5.74) is 23.1. The van der Waals surface area contributed by atoms with Crippen LogP contribution in [0.1, 0.15) is 62.5 Å². The Labute approximate surface area is 258 Å². The molecule has 0 radical (unpaired) electrons. The molecular weight excluding hydrogens is 566 g/mol. The predicted molar refractivity (Wildman–Crippen MR) is 166 cm³/mol. The molecule has 2 fully saturated rings. The number of guanidine groups is 1. The third-order valence-electron chi connectivity index (χ3n) is 8.17. The van der Waals surface area contributed by atoms with Gasteiger partial charge in [-0.15, -0.1) is 0 Å². The number of carbonyl (C=O) groups is 4. The largest absolute Gasteiger partial charge is 0.384 e. The Kier molecular flexibility index (Phi) is 13.4. The van der Waals surface area contributed by atoms with Gasteiger partial charge in [0, 0.05) is 25.2 Å². The summed E-state index contributed by atoms with van der Waals surface area (Å²) in [5.74, 6) is -3.22. The molecule has 0 aromatic heterocycles. The molecule has 1 aromatic rings. The van der Waals surface area contributed by atoms with Gasteiger partial charge in [0.2, 0.25) is 23.6 Å². The van der Waals surface area contributed by atoms with E-state index in [4.69, 9.17) is 33.1 Å². The van der Waals surface area contributed by atoms with Gasteiger partial charge < -0.3 is 43.2 Å². The van der Waals surface area contributed by atoms with Crippen LogP contribution in [0.25, 0.3) is 0 Å². The number of nitrogens with two attached hydrogens (primary N) is 4. The van der Waals surface area contributed by atoms with Gasteiger partial charge in [-0.05, 0) is 37.2 Å². The zero-order valence-electron chi connectivity index (χ0n) is 25.3. The molecule has 1 heterocycles. The summed E-state index contributed by atoms with van der Waals surface area (Å²) >= 11 is 0. The van der Waals surface area contributed by atoms with Crippen LogP contribution in [-0.2, 0) is 30.3 Å². The third kappa shape index (κ3) is 10.8. The van der Waals surface area contributed by atoms with Crippen LogP contribution in [0.2, 0.25) is 0 Å². The van der Waals surface area contributed by atoms with Gasteiger partial charge in [0.05, 0.1) is 13.2 Å². The number of hydrogen-bond acceptors (Lipinski definition) is 7. The van der Waals surface area contributed by atoms with Crippen molar-refractivity contribution in [1.29, 1.82) is 5.41 Å². The Morgan fingerprint density at radius 2 is 1.57 bits per heavy atom. The normalized spacial score (nSPS) is 17.5. The summed E-state index contributed by atoms with van der Waals surface area (Å²) in [6.45, 7) is 1.73. The van der Waals surface area contributed by atoms with E-state index in [9.17, 15) is 19.2 Å². The van der Waals surface area contributed by atoms with Crippen LogP contribution in [0.15, 0.2) is 29.3 Å². The van der Waals surface area contributed by atoms with Crippen LogP contribution < -0.4 is 33.6 Å². The van der Waals surface area contributed by atoms with E-state index in [1.165, 1.54) is 0 Å². The minimum Gasteiger partial charge on any atom is -0.384 e. The van der Waals surface area contributed by atoms with Gasteiger partial charge in [-0.2, -0.15) is 0 Å². The molecule has 2 aliphatic rings. The summed E-state index contributed by atoms with van der Waals surface area (Å²) in [6.07, 6.45) is 6.14. The Morgan fingerprint density at radius 1 is 0.932 bits per heavy atom. The fraction of sp³-hybridized carbons (Fsp3) is 0.600. The van der Waals surface area contributed by atoms with Gasteiger partial charge in [-0.3, -0.25) is 29.6 Å².